The topological polar surface area (TPSA) is 21.6 Å². The number of hydrogen-bond acceptors (Lipinski definition) is 2. The van der Waals surface area contributed by atoms with E-state index >= 15 is 0 Å². The molecule has 82 valence electrons. The molecule has 0 radical (unpaired) electrons. The summed E-state index contributed by atoms with van der Waals surface area (Å²) < 4.78 is 25.7. The molecule has 0 N–H and O–H groups in total. The Morgan fingerprint density at radius 3 is 2.40 bits per heavy atom. The van der Waals surface area contributed by atoms with Crippen molar-refractivity contribution in [3.8, 4) is 0 Å². The van der Waals surface area contributed by atoms with E-state index in [1.165, 1.54) is 18.3 Å². The Hall–Kier alpha value is -1.45. The van der Waals surface area contributed by atoms with Crippen molar-refractivity contribution in [2.45, 2.75) is 26.4 Å². The third-order valence-electron chi connectivity index (χ3n) is 1.87. The van der Waals surface area contributed by atoms with Crippen molar-refractivity contribution in [3.05, 3.63) is 35.4 Å². The molecular formula is C11H13F2NO. The summed E-state index contributed by atoms with van der Waals surface area (Å²) in [6.07, 6.45) is 1.52. The molecule has 0 fully saturated rings. The zero-order valence-corrected chi connectivity index (χ0v) is 8.71. The zero-order chi connectivity index (χ0) is 11.3. The first-order valence-corrected chi connectivity index (χ1v) is 4.61. The van der Waals surface area contributed by atoms with Gasteiger partial charge in [-0.1, -0.05) is 29.4 Å². The number of nitrogens with zero attached hydrogens (tertiary/aromatic N) is 1. The molecule has 0 aliphatic rings. The second kappa shape index (κ2) is 4.87. The van der Waals surface area contributed by atoms with Crippen LogP contribution in [0.15, 0.2) is 29.4 Å². The Bertz CT molecular complexity index is 327. The van der Waals surface area contributed by atoms with E-state index in [2.05, 4.69) is 5.16 Å². The van der Waals surface area contributed by atoms with E-state index in [0.29, 0.717) is 6.61 Å². The number of hydrogen-bond donors (Lipinski definition) is 0. The van der Waals surface area contributed by atoms with Gasteiger partial charge in [-0.15, -0.1) is 0 Å². The highest BCUT2D eigenvalue weighted by Crippen LogP contribution is 2.26. The van der Waals surface area contributed by atoms with Crippen LogP contribution < -0.4 is 0 Å². The third-order valence-corrected chi connectivity index (χ3v) is 1.87. The minimum atomic E-state index is -2.79. The van der Waals surface area contributed by atoms with Crippen LogP contribution in [0.1, 0.15) is 25.0 Å². The van der Waals surface area contributed by atoms with Gasteiger partial charge in [0, 0.05) is 18.7 Å². The van der Waals surface area contributed by atoms with Crippen LogP contribution in [0, 0.1) is 0 Å². The third kappa shape index (κ3) is 3.65. The van der Waals surface area contributed by atoms with Crippen molar-refractivity contribution in [1.82, 2.24) is 0 Å². The second-order valence-corrected chi connectivity index (χ2v) is 3.22. The van der Waals surface area contributed by atoms with E-state index in [1.807, 2.05) is 0 Å². The number of alkyl halides is 2. The molecule has 2 nitrogen and oxygen atoms in total. The maximum absolute atomic E-state index is 12.8. The summed E-state index contributed by atoms with van der Waals surface area (Å²) >= 11 is 0. The fourth-order valence-corrected chi connectivity index (χ4v) is 1.08. The van der Waals surface area contributed by atoms with Gasteiger partial charge in [0.2, 0.25) is 0 Å². The van der Waals surface area contributed by atoms with E-state index in [-0.39, 0.29) is 5.56 Å². The molecule has 0 heterocycles. The molecule has 0 spiro atoms. The molecule has 0 saturated heterocycles. The maximum Gasteiger partial charge on any atom is 0.270 e. The summed E-state index contributed by atoms with van der Waals surface area (Å²) in [5, 5.41) is 3.57. The molecule has 1 aromatic carbocycles. The van der Waals surface area contributed by atoms with Gasteiger partial charge in [0.25, 0.3) is 5.92 Å². The normalized spacial score (nSPS) is 12.0. The van der Waals surface area contributed by atoms with Gasteiger partial charge in [0.1, 0.15) is 6.61 Å². The molecule has 0 aliphatic carbocycles. The van der Waals surface area contributed by atoms with Crippen molar-refractivity contribution in [1.29, 1.82) is 0 Å². The molecule has 15 heavy (non-hydrogen) atoms. The fraction of sp³-hybridized carbons (Fsp3) is 0.364. The van der Waals surface area contributed by atoms with Gasteiger partial charge < -0.3 is 4.84 Å². The highest BCUT2D eigenvalue weighted by molar-refractivity contribution is 5.52. The monoisotopic (exact) mass is 213 g/mol. The zero-order valence-electron chi connectivity index (χ0n) is 8.71. The molecule has 0 amide bonds. The molecule has 0 aliphatic heterocycles. The molecule has 0 aromatic heterocycles. The summed E-state index contributed by atoms with van der Waals surface area (Å²) in [4.78, 5) is 4.88. The van der Waals surface area contributed by atoms with Crippen molar-refractivity contribution < 1.29 is 13.6 Å². The van der Waals surface area contributed by atoms with Gasteiger partial charge in [-0.25, -0.2) is 8.78 Å². The van der Waals surface area contributed by atoms with Crippen LogP contribution >= 0.6 is 0 Å². The molecule has 0 saturated carbocycles. The van der Waals surface area contributed by atoms with Gasteiger partial charge in [0.05, 0.1) is 0 Å². The Kier molecular flexibility index (Phi) is 3.77. The molecule has 4 heteroatoms. The van der Waals surface area contributed by atoms with Crippen LogP contribution in [0.25, 0.3) is 0 Å². The first kappa shape index (κ1) is 11.6. The summed E-state index contributed by atoms with van der Waals surface area (Å²) in [6.45, 7) is 2.90. The van der Waals surface area contributed by atoms with Gasteiger partial charge >= 0.3 is 0 Å². The minimum Gasteiger partial charge on any atom is -0.391 e. The predicted molar refractivity (Wildman–Crippen MR) is 55.0 cm³/mol. The standard InChI is InChI=1S/C11H13F2NO/c1-3-14-15-8-9-4-6-10(7-5-9)11(2,12)13/h3-7H,8H2,1-2H3. The minimum absolute atomic E-state index is 0.00485. The highest BCUT2D eigenvalue weighted by atomic mass is 19.3. The molecule has 0 atom stereocenters. The van der Waals surface area contributed by atoms with E-state index in [9.17, 15) is 8.78 Å². The molecule has 1 aromatic rings. The Labute approximate surface area is 87.6 Å². The number of oxime groups is 1. The number of halogens is 2. The van der Waals surface area contributed by atoms with Crippen molar-refractivity contribution in [3.63, 3.8) is 0 Å². The smallest absolute Gasteiger partial charge is 0.270 e. The van der Waals surface area contributed by atoms with Crippen LogP contribution in [0.2, 0.25) is 0 Å². The van der Waals surface area contributed by atoms with Crippen LogP contribution in [-0.4, -0.2) is 6.21 Å². The molecular weight excluding hydrogens is 200 g/mol. The summed E-state index contributed by atoms with van der Waals surface area (Å²) in [5.41, 5.74) is 0.818. The highest BCUT2D eigenvalue weighted by Gasteiger charge is 2.23. The first-order valence-electron chi connectivity index (χ1n) is 4.61. The lowest BCUT2D eigenvalue weighted by atomic mass is 10.1. The summed E-state index contributed by atoms with van der Waals surface area (Å²) in [6, 6.07) is 6.01. The quantitative estimate of drug-likeness (QED) is 0.555. The Balaban J connectivity index is 2.64. The maximum atomic E-state index is 12.8. The molecule has 0 bridgehead atoms. The first-order chi connectivity index (χ1) is 7.04. The van der Waals surface area contributed by atoms with E-state index in [1.54, 1.807) is 19.1 Å². The predicted octanol–water partition coefficient (Wildman–Crippen LogP) is 3.32. The number of benzene rings is 1. The lowest BCUT2D eigenvalue weighted by Crippen LogP contribution is -2.06. The van der Waals surface area contributed by atoms with E-state index in [0.717, 1.165) is 12.5 Å². The molecule has 1 rings (SSSR count). The molecule has 0 unspecified atom stereocenters. The van der Waals surface area contributed by atoms with Crippen molar-refractivity contribution >= 4 is 6.21 Å². The van der Waals surface area contributed by atoms with Crippen LogP contribution in [0.5, 0.6) is 0 Å². The van der Waals surface area contributed by atoms with Crippen molar-refractivity contribution in [2.75, 3.05) is 0 Å². The average molecular weight is 213 g/mol. The van der Waals surface area contributed by atoms with Crippen LogP contribution in [0.3, 0.4) is 0 Å². The Morgan fingerprint density at radius 1 is 1.33 bits per heavy atom. The van der Waals surface area contributed by atoms with Gasteiger partial charge in [0.15, 0.2) is 0 Å². The Morgan fingerprint density at radius 2 is 1.93 bits per heavy atom. The van der Waals surface area contributed by atoms with E-state index < -0.39 is 5.92 Å². The fourth-order valence-electron chi connectivity index (χ4n) is 1.08. The lowest BCUT2D eigenvalue weighted by Gasteiger charge is -2.10. The van der Waals surface area contributed by atoms with Crippen LogP contribution in [-0.2, 0) is 17.4 Å². The van der Waals surface area contributed by atoms with Gasteiger partial charge in [-0.05, 0) is 12.5 Å². The van der Waals surface area contributed by atoms with Gasteiger partial charge in [-0.2, -0.15) is 0 Å². The second-order valence-electron chi connectivity index (χ2n) is 3.22. The van der Waals surface area contributed by atoms with Crippen molar-refractivity contribution in [2.24, 2.45) is 5.16 Å². The SMILES string of the molecule is CC=NOCc1ccc(C(C)(F)F)cc1. The lowest BCUT2D eigenvalue weighted by molar-refractivity contribution is 0.0174. The summed E-state index contributed by atoms with van der Waals surface area (Å²) in [7, 11) is 0. The van der Waals surface area contributed by atoms with Gasteiger partial charge in [-0.3, -0.25) is 0 Å². The van der Waals surface area contributed by atoms with E-state index in [4.69, 9.17) is 4.84 Å². The van der Waals surface area contributed by atoms with Crippen LogP contribution in [0.4, 0.5) is 8.78 Å². The average Bonchev–Trinajstić information content (AvgIpc) is 2.18. The largest absolute Gasteiger partial charge is 0.391 e. The summed E-state index contributed by atoms with van der Waals surface area (Å²) in [5.74, 6) is -2.79. The number of rotatable bonds is 4.